The molecule has 30 heavy (non-hydrogen) atoms. The summed E-state index contributed by atoms with van der Waals surface area (Å²) in [5.41, 5.74) is 1.19. The summed E-state index contributed by atoms with van der Waals surface area (Å²) >= 11 is 0. The summed E-state index contributed by atoms with van der Waals surface area (Å²) in [6, 6.07) is 10.2. The molecule has 152 valence electrons. The fourth-order valence-corrected chi connectivity index (χ4v) is 3.71. The van der Waals surface area contributed by atoms with E-state index in [4.69, 9.17) is 14.0 Å². The molecule has 5 rings (SSSR count). The van der Waals surface area contributed by atoms with E-state index < -0.39 is 17.3 Å². The fourth-order valence-electron chi connectivity index (χ4n) is 3.71. The average molecular weight is 406 g/mol. The van der Waals surface area contributed by atoms with Gasteiger partial charge in [-0.3, -0.25) is 9.59 Å². The Morgan fingerprint density at radius 1 is 1.13 bits per heavy atom. The van der Waals surface area contributed by atoms with Crippen molar-refractivity contribution in [2.75, 3.05) is 11.7 Å². The number of anilines is 1. The van der Waals surface area contributed by atoms with Gasteiger partial charge in [-0.15, -0.1) is 0 Å². The number of benzene rings is 2. The normalized spacial score (nSPS) is 14.7. The molecule has 0 unspecified atom stereocenters. The number of nitrogens with zero attached hydrogens (tertiary/aromatic N) is 2. The molecule has 0 spiro atoms. The van der Waals surface area contributed by atoms with Gasteiger partial charge in [-0.05, 0) is 44.0 Å². The molecule has 2 aliphatic rings. The van der Waals surface area contributed by atoms with Gasteiger partial charge in [0.05, 0.1) is 11.1 Å². The Labute approximate surface area is 171 Å². The summed E-state index contributed by atoms with van der Waals surface area (Å²) in [6.45, 7) is 1.82. The van der Waals surface area contributed by atoms with E-state index in [2.05, 4.69) is 5.16 Å². The quantitative estimate of drug-likeness (QED) is 0.601. The van der Waals surface area contributed by atoms with Crippen LogP contribution < -0.4 is 20.0 Å². The highest BCUT2D eigenvalue weighted by molar-refractivity contribution is 6.42. The summed E-state index contributed by atoms with van der Waals surface area (Å²) in [6.07, 6.45) is 1.57. The number of ether oxygens (including phenoxy) is 2. The first kappa shape index (κ1) is 18.4. The Morgan fingerprint density at radius 3 is 2.77 bits per heavy atom. The molecule has 0 bridgehead atoms. The monoisotopic (exact) mass is 406 g/mol. The van der Waals surface area contributed by atoms with Gasteiger partial charge < -0.3 is 18.9 Å². The Hall–Kier alpha value is -3.68. The van der Waals surface area contributed by atoms with Crippen LogP contribution in [0.25, 0.3) is 10.8 Å². The topological polar surface area (TPSA) is 98.9 Å². The number of hydrogen-bond acceptors (Lipinski definition) is 7. The maximum absolute atomic E-state index is 13.1. The standard InChI is InChI=1S/C22H18N2O6/c1-12-17-10-15(7-8-16(17)22(27)30-23-12)24(14-5-6-14)21(26)18(25)9-13-3-2-4-19-20(13)29-11-28-19/h2-4,7-8,10,14H,5-6,9,11H2,1H3. The Morgan fingerprint density at radius 2 is 1.97 bits per heavy atom. The minimum Gasteiger partial charge on any atom is -0.454 e. The van der Waals surface area contributed by atoms with Gasteiger partial charge in [0, 0.05) is 29.1 Å². The molecule has 1 aliphatic carbocycles. The molecular formula is C22H18N2O6. The van der Waals surface area contributed by atoms with Gasteiger partial charge in [-0.2, -0.15) is 0 Å². The van der Waals surface area contributed by atoms with Crippen LogP contribution in [0.15, 0.2) is 45.7 Å². The number of hydrogen-bond donors (Lipinski definition) is 0. The van der Waals surface area contributed by atoms with Crippen LogP contribution in [-0.4, -0.2) is 29.7 Å². The molecule has 0 radical (unpaired) electrons. The molecule has 2 heterocycles. The molecule has 3 aromatic rings. The van der Waals surface area contributed by atoms with Crippen molar-refractivity contribution in [2.45, 2.75) is 32.2 Å². The molecule has 8 heteroatoms. The van der Waals surface area contributed by atoms with Gasteiger partial charge >= 0.3 is 5.63 Å². The van der Waals surface area contributed by atoms with Crippen molar-refractivity contribution < 1.29 is 23.6 Å². The number of carbonyl (C=O) groups excluding carboxylic acids is 2. The van der Waals surface area contributed by atoms with Gasteiger partial charge in [0.25, 0.3) is 5.91 Å². The van der Waals surface area contributed by atoms with E-state index in [9.17, 15) is 14.4 Å². The predicted octanol–water partition coefficient (Wildman–Crippen LogP) is 2.53. The van der Waals surface area contributed by atoms with Crippen LogP contribution in [0.1, 0.15) is 24.1 Å². The summed E-state index contributed by atoms with van der Waals surface area (Å²) < 4.78 is 15.5. The third kappa shape index (κ3) is 3.10. The molecular weight excluding hydrogens is 388 g/mol. The van der Waals surface area contributed by atoms with Crippen molar-refractivity contribution in [1.82, 2.24) is 5.16 Å². The second-order valence-corrected chi connectivity index (χ2v) is 7.44. The highest BCUT2D eigenvalue weighted by Gasteiger charge is 2.37. The number of aromatic nitrogens is 1. The molecule has 0 atom stereocenters. The van der Waals surface area contributed by atoms with E-state index >= 15 is 0 Å². The second-order valence-electron chi connectivity index (χ2n) is 7.44. The first-order valence-electron chi connectivity index (χ1n) is 9.67. The van der Waals surface area contributed by atoms with Crippen molar-refractivity contribution in [3.8, 4) is 11.5 Å². The zero-order chi connectivity index (χ0) is 20.8. The lowest BCUT2D eigenvalue weighted by atomic mass is 10.1. The number of para-hydroxylation sites is 1. The van der Waals surface area contributed by atoms with Gasteiger partial charge in [-0.25, -0.2) is 4.79 Å². The summed E-state index contributed by atoms with van der Waals surface area (Å²) in [4.78, 5) is 39.4. The van der Waals surface area contributed by atoms with E-state index in [0.717, 1.165) is 12.8 Å². The lowest BCUT2D eigenvalue weighted by Gasteiger charge is -2.22. The Kier molecular flexibility index (Phi) is 4.27. The molecule has 1 aliphatic heterocycles. The molecule has 8 nitrogen and oxygen atoms in total. The van der Waals surface area contributed by atoms with E-state index in [0.29, 0.717) is 39.2 Å². The number of Topliss-reactive ketones (excluding diaryl/α,β-unsaturated/α-hetero) is 1. The van der Waals surface area contributed by atoms with Crippen LogP contribution in [0.5, 0.6) is 11.5 Å². The number of amides is 1. The highest BCUT2D eigenvalue weighted by atomic mass is 16.7. The third-order valence-corrected chi connectivity index (χ3v) is 5.36. The number of rotatable bonds is 5. The van der Waals surface area contributed by atoms with Crippen LogP contribution >= 0.6 is 0 Å². The van der Waals surface area contributed by atoms with E-state index in [1.54, 1.807) is 43.3 Å². The van der Waals surface area contributed by atoms with Crippen molar-refractivity contribution in [2.24, 2.45) is 0 Å². The summed E-state index contributed by atoms with van der Waals surface area (Å²) in [5.74, 6) is -0.0332. The van der Waals surface area contributed by atoms with Gasteiger partial charge in [0.15, 0.2) is 11.5 Å². The number of carbonyl (C=O) groups is 2. The summed E-state index contributed by atoms with van der Waals surface area (Å²) in [5, 5.41) is 4.74. The molecule has 1 saturated carbocycles. The van der Waals surface area contributed by atoms with Crippen LogP contribution in [0.3, 0.4) is 0 Å². The minimum atomic E-state index is -0.582. The molecule has 1 fully saturated rings. The van der Waals surface area contributed by atoms with Gasteiger partial charge in [0.1, 0.15) is 0 Å². The molecule has 2 aromatic carbocycles. The first-order chi connectivity index (χ1) is 14.5. The maximum atomic E-state index is 13.1. The van der Waals surface area contributed by atoms with Gasteiger partial charge in [0.2, 0.25) is 12.6 Å². The zero-order valence-electron chi connectivity index (χ0n) is 16.2. The SMILES string of the molecule is Cc1noc(=O)c2ccc(N(C(=O)C(=O)Cc3cccc4c3OCO4)C3CC3)cc12. The fraction of sp³-hybridized carbons (Fsp3) is 0.273. The van der Waals surface area contributed by atoms with Gasteiger partial charge in [-0.1, -0.05) is 17.3 Å². The lowest BCUT2D eigenvalue weighted by molar-refractivity contribution is -0.136. The minimum absolute atomic E-state index is 0.0339. The first-order valence-corrected chi connectivity index (χ1v) is 9.67. The van der Waals surface area contributed by atoms with Crippen LogP contribution in [0, 0.1) is 6.92 Å². The van der Waals surface area contributed by atoms with Crippen LogP contribution in [0.4, 0.5) is 5.69 Å². The number of fused-ring (bicyclic) bond motifs is 2. The van der Waals surface area contributed by atoms with Crippen molar-refractivity contribution >= 4 is 28.2 Å². The van der Waals surface area contributed by atoms with E-state index in [-0.39, 0.29) is 19.3 Å². The van der Waals surface area contributed by atoms with Crippen LogP contribution in [0.2, 0.25) is 0 Å². The Bertz CT molecular complexity index is 1240. The molecule has 1 amide bonds. The van der Waals surface area contributed by atoms with Crippen molar-refractivity contribution in [3.63, 3.8) is 0 Å². The molecule has 1 aromatic heterocycles. The summed E-state index contributed by atoms with van der Waals surface area (Å²) in [7, 11) is 0. The molecule has 0 N–H and O–H groups in total. The Balaban J connectivity index is 1.46. The second kappa shape index (κ2) is 6.98. The van der Waals surface area contributed by atoms with Crippen molar-refractivity contribution in [1.29, 1.82) is 0 Å². The van der Waals surface area contributed by atoms with E-state index in [1.807, 2.05) is 0 Å². The van der Waals surface area contributed by atoms with E-state index in [1.165, 1.54) is 4.90 Å². The molecule has 0 saturated heterocycles. The van der Waals surface area contributed by atoms with Crippen LogP contribution in [-0.2, 0) is 16.0 Å². The lowest BCUT2D eigenvalue weighted by Crippen LogP contribution is -2.39. The smallest absolute Gasteiger partial charge is 0.366 e. The number of aryl methyl sites for hydroxylation is 1. The number of ketones is 1. The average Bonchev–Trinajstić information content (AvgIpc) is 3.45. The largest absolute Gasteiger partial charge is 0.454 e. The predicted molar refractivity (Wildman–Crippen MR) is 107 cm³/mol. The van der Waals surface area contributed by atoms with Crippen molar-refractivity contribution in [3.05, 3.63) is 58.1 Å². The highest BCUT2D eigenvalue weighted by Crippen LogP contribution is 2.37. The third-order valence-electron chi connectivity index (χ3n) is 5.36. The zero-order valence-corrected chi connectivity index (χ0v) is 16.2. The maximum Gasteiger partial charge on any atom is 0.366 e.